The molecule has 1 rings (SSSR count). The Morgan fingerprint density at radius 2 is 2.25 bits per heavy atom. The van der Waals surface area contributed by atoms with Crippen LogP contribution in [0.4, 0.5) is 8.78 Å². The van der Waals surface area contributed by atoms with Gasteiger partial charge in [-0.15, -0.1) is 0 Å². The molecule has 0 saturated carbocycles. The molecule has 0 unspecified atom stereocenters. The lowest BCUT2D eigenvalue weighted by Crippen LogP contribution is -1.89. The molecule has 0 bridgehead atoms. The van der Waals surface area contributed by atoms with Crippen molar-refractivity contribution >= 4 is 0 Å². The molecule has 1 radical (unpaired) electrons. The summed E-state index contributed by atoms with van der Waals surface area (Å²) in [6.45, 7) is 0. The van der Waals surface area contributed by atoms with Gasteiger partial charge < -0.3 is 0 Å². The van der Waals surface area contributed by atoms with Gasteiger partial charge in [-0.2, -0.15) is 13.8 Å². The lowest BCUT2D eigenvalue weighted by atomic mass is 10.7. The Labute approximate surface area is 44.2 Å². The largest absolute Gasteiger partial charge is 0.311 e. The van der Waals surface area contributed by atoms with Gasteiger partial charge in [0.2, 0.25) is 5.95 Å². The van der Waals surface area contributed by atoms with Gasteiger partial charge >= 0.3 is 6.08 Å². The summed E-state index contributed by atoms with van der Waals surface area (Å²) in [5, 5.41) is 0. The first kappa shape index (κ1) is 5.08. The van der Waals surface area contributed by atoms with E-state index in [0.29, 0.717) is 0 Å². The van der Waals surface area contributed by atoms with Crippen LogP contribution in [-0.2, 0) is 0 Å². The summed E-state index contributed by atoms with van der Waals surface area (Å²) in [6.07, 6.45) is -0.182. The van der Waals surface area contributed by atoms with E-state index in [0.717, 1.165) is 6.20 Å². The fourth-order valence-corrected chi connectivity index (χ4v) is 0.281. The second-order valence-corrected chi connectivity index (χ2v) is 1.07. The maximum Gasteiger partial charge on any atom is 0.311 e. The first-order chi connectivity index (χ1) is 3.79. The van der Waals surface area contributed by atoms with E-state index in [9.17, 15) is 8.78 Å². The van der Waals surface area contributed by atoms with Gasteiger partial charge in [0.05, 0.1) is 6.07 Å². The molecule has 0 spiro atoms. The van der Waals surface area contributed by atoms with Crippen molar-refractivity contribution < 1.29 is 8.78 Å². The molecule has 41 valence electrons. The van der Waals surface area contributed by atoms with Crippen LogP contribution in [0.25, 0.3) is 0 Å². The maximum atomic E-state index is 11.7. The average molecular weight is 115 g/mol. The van der Waals surface area contributed by atoms with E-state index in [1.165, 1.54) is 0 Å². The van der Waals surface area contributed by atoms with Gasteiger partial charge in [-0.1, -0.05) is 0 Å². The SMILES string of the molecule is Fc1[c]cnc(F)n1. The Balaban J connectivity index is 3.08. The number of hydrogen-bond donors (Lipinski definition) is 0. The minimum Gasteiger partial charge on any atom is -0.210 e. The second-order valence-electron chi connectivity index (χ2n) is 1.07. The quantitative estimate of drug-likeness (QED) is 0.364. The Morgan fingerprint density at radius 1 is 1.50 bits per heavy atom. The minimum atomic E-state index is -1.07. The number of aromatic nitrogens is 2. The van der Waals surface area contributed by atoms with E-state index in [-0.39, 0.29) is 0 Å². The molecule has 0 aliphatic carbocycles. The first-order valence-electron chi connectivity index (χ1n) is 1.85. The van der Waals surface area contributed by atoms with Gasteiger partial charge in [0.1, 0.15) is 0 Å². The summed E-state index contributed by atoms with van der Waals surface area (Å²) in [5.41, 5.74) is 0. The molecule has 4 heteroatoms. The highest BCUT2D eigenvalue weighted by atomic mass is 19.1. The summed E-state index contributed by atoms with van der Waals surface area (Å²) in [6, 6.07) is 1.94. The van der Waals surface area contributed by atoms with Crippen LogP contribution in [0.3, 0.4) is 0 Å². The van der Waals surface area contributed by atoms with Gasteiger partial charge in [0.15, 0.2) is 0 Å². The molecular formula is C4HF2N2. The Kier molecular flexibility index (Phi) is 1.15. The summed E-state index contributed by atoms with van der Waals surface area (Å²) >= 11 is 0. The van der Waals surface area contributed by atoms with Crippen molar-refractivity contribution in [1.29, 1.82) is 0 Å². The van der Waals surface area contributed by atoms with Crippen LogP contribution >= 0.6 is 0 Å². The highest BCUT2D eigenvalue weighted by Gasteiger charge is 1.92. The monoisotopic (exact) mass is 115 g/mol. The molecule has 0 N–H and O–H groups in total. The van der Waals surface area contributed by atoms with Crippen LogP contribution in [0.15, 0.2) is 6.20 Å². The fourth-order valence-electron chi connectivity index (χ4n) is 0.281. The molecule has 0 atom stereocenters. The summed E-state index contributed by atoms with van der Waals surface area (Å²) in [5.74, 6) is -0.975. The lowest BCUT2D eigenvalue weighted by Gasteiger charge is -1.81. The van der Waals surface area contributed by atoms with Crippen LogP contribution in [0, 0.1) is 18.1 Å². The van der Waals surface area contributed by atoms with Crippen molar-refractivity contribution in [3.63, 3.8) is 0 Å². The van der Waals surface area contributed by atoms with Crippen LogP contribution in [0.2, 0.25) is 0 Å². The minimum absolute atomic E-state index is 0.887. The highest BCUT2D eigenvalue weighted by molar-refractivity contribution is 4.77. The molecule has 0 saturated heterocycles. The summed E-state index contributed by atoms with van der Waals surface area (Å²) in [7, 11) is 0. The van der Waals surface area contributed by atoms with E-state index in [4.69, 9.17) is 0 Å². The van der Waals surface area contributed by atoms with Crippen LogP contribution < -0.4 is 0 Å². The standard InChI is InChI=1S/C4HF2N2/c5-3-1-2-7-4(6)8-3/h2H. The molecule has 1 aromatic rings. The summed E-state index contributed by atoms with van der Waals surface area (Å²) < 4.78 is 23.4. The zero-order chi connectivity index (χ0) is 5.98. The molecule has 2 nitrogen and oxygen atoms in total. The van der Waals surface area contributed by atoms with Gasteiger partial charge in [-0.3, -0.25) is 0 Å². The molecule has 8 heavy (non-hydrogen) atoms. The maximum absolute atomic E-state index is 11.7. The topological polar surface area (TPSA) is 25.8 Å². The van der Waals surface area contributed by atoms with Gasteiger partial charge in [0, 0.05) is 6.20 Å². The van der Waals surface area contributed by atoms with Crippen molar-refractivity contribution in [3.05, 3.63) is 24.3 Å². The zero-order valence-corrected chi connectivity index (χ0v) is 3.73. The average Bonchev–Trinajstić information content (AvgIpc) is 1.64. The fraction of sp³-hybridized carbons (Fsp3) is 0. The van der Waals surface area contributed by atoms with Crippen molar-refractivity contribution in [3.8, 4) is 0 Å². The Bertz CT molecular complexity index is 172. The Morgan fingerprint density at radius 3 is 2.62 bits per heavy atom. The zero-order valence-electron chi connectivity index (χ0n) is 3.73. The van der Waals surface area contributed by atoms with Crippen molar-refractivity contribution in [2.75, 3.05) is 0 Å². The summed E-state index contributed by atoms with van der Waals surface area (Å²) in [4.78, 5) is 5.64. The normalized spacial score (nSPS) is 9.25. The third-order valence-corrected chi connectivity index (χ3v) is 0.545. The van der Waals surface area contributed by atoms with Gasteiger partial charge in [-0.25, -0.2) is 4.98 Å². The van der Waals surface area contributed by atoms with Crippen LogP contribution in [-0.4, -0.2) is 9.97 Å². The van der Waals surface area contributed by atoms with E-state index in [1.807, 2.05) is 6.07 Å². The van der Waals surface area contributed by atoms with E-state index in [1.54, 1.807) is 0 Å². The molecule has 0 aromatic carbocycles. The number of nitrogens with zero attached hydrogens (tertiary/aromatic N) is 2. The van der Waals surface area contributed by atoms with Crippen molar-refractivity contribution in [2.45, 2.75) is 0 Å². The number of halogens is 2. The smallest absolute Gasteiger partial charge is 0.210 e. The predicted molar refractivity (Wildman–Crippen MR) is 20.8 cm³/mol. The van der Waals surface area contributed by atoms with Crippen LogP contribution in [0.1, 0.15) is 0 Å². The number of hydrogen-bond acceptors (Lipinski definition) is 2. The molecule has 0 fully saturated rings. The first-order valence-corrected chi connectivity index (χ1v) is 1.85. The number of rotatable bonds is 0. The van der Waals surface area contributed by atoms with Crippen molar-refractivity contribution in [2.24, 2.45) is 0 Å². The van der Waals surface area contributed by atoms with E-state index < -0.39 is 12.0 Å². The molecule has 0 aliphatic heterocycles. The predicted octanol–water partition coefficient (Wildman–Crippen LogP) is 0.555. The van der Waals surface area contributed by atoms with Crippen molar-refractivity contribution in [1.82, 2.24) is 9.97 Å². The molecule has 0 amide bonds. The third kappa shape index (κ3) is 0.959. The molecule has 0 aliphatic rings. The molecular weight excluding hydrogens is 114 g/mol. The second kappa shape index (κ2) is 1.81. The molecule has 1 aromatic heterocycles. The van der Waals surface area contributed by atoms with Gasteiger partial charge in [-0.05, 0) is 0 Å². The lowest BCUT2D eigenvalue weighted by molar-refractivity contribution is 0.481. The van der Waals surface area contributed by atoms with Gasteiger partial charge in [0.25, 0.3) is 0 Å². The van der Waals surface area contributed by atoms with Crippen LogP contribution in [0.5, 0.6) is 0 Å². The van der Waals surface area contributed by atoms with E-state index >= 15 is 0 Å². The Hall–Kier alpha value is -1.06. The highest BCUT2D eigenvalue weighted by Crippen LogP contribution is 1.87. The molecule has 1 heterocycles. The third-order valence-electron chi connectivity index (χ3n) is 0.545. The van der Waals surface area contributed by atoms with E-state index in [2.05, 4.69) is 9.97 Å².